The number of rotatable bonds is 4. The van der Waals surface area contributed by atoms with Gasteiger partial charge in [-0.3, -0.25) is 0 Å². The predicted octanol–water partition coefficient (Wildman–Crippen LogP) is 10.0. The standard InChI is InChI=1S/C42H26N4/c43-26-27-9-8-13-31(23-27)39-25-38(28-10-2-1-3-11-28)44-42(45-39)29-17-19-32(20-18-29)46-40-16-7-6-15-35(40)36-22-21-34-33-14-5-4-12-30(33)24-37(34)41(36)46/h1-23,25H,24H2. The van der Waals surface area contributed by atoms with Crippen molar-refractivity contribution in [3.05, 3.63) is 162 Å². The van der Waals surface area contributed by atoms with Crippen LogP contribution in [0.2, 0.25) is 0 Å². The van der Waals surface area contributed by atoms with Crippen molar-refractivity contribution >= 4 is 21.8 Å². The molecule has 9 rings (SSSR count). The molecule has 0 radical (unpaired) electrons. The summed E-state index contributed by atoms with van der Waals surface area (Å²) in [7, 11) is 0. The molecule has 0 fully saturated rings. The van der Waals surface area contributed by atoms with Gasteiger partial charge in [-0.25, -0.2) is 9.97 Å². The first kappa shape index (κ1) is 26.1. The van der Waals surface area contributed by atoms with Crippen LogP contribution in [0, 0.1) is 11.3 Å². The van der Waals surface area contributed by atoms with Gasteiger partial charge in [0.15, 0.2) is 5.82 Å². The molecule has 0 unspecified atom stereocenters. The Morgan fingerprint density at radius 1 is 0.565 bits per heavy atom. The molecule has 4 heteroatoms. The van der Waals surface area contributed by atoms with Crippen molar-refractivity contribution in [3.63, 3.8) is 0 Å². The molecule has 0 saturated heterocycles. The predicted molar refractivity (Wildman–Crippen MR) is 186 cm³/mol. The zero-order chi connectivity index (χ0) is 30.6. The lowest BCUT2D eigenvalue weighted by Crippen LogP contribution is -1.98. The number of hydrogen-bond acceptors (Lipinski definition) is 3. The molecule has 214 valence electrons. The molecule has 0 N–H and O–H groups in total. The Balaban J connectivity index is 1.20. The minimum absolute atomic E-state index is 0.601. The minimum atomic E-state index is 0.601. The van der Waals surface area contributed by atoms with Crippen molar-refractivity contribution in [3.8, 4) is 56.8 Å². The van der Waals surface area contributed by atoms with Crippen LogP contribution in [0.4, 0.5) is 0 Å². The average molecular weight is 587 g/mol. The molecule has 0 amide bonds. The fourth-order valence-corrected chi connectivity index (χ4v) is 6.94. The Bertz CT molecular complexity index is 2500. The first-order valence-electron chi connectivity index (χ1n) is 15.4. The van der Waals surface area contributed by atoms with Crippen molar-refractivity contribution in [2.45, 2.75) is 6.42 Å². The van der Waals surface area contributed by atoms with Crippen LogP contribution in [-0.4, -0.2) is 14.5 Å². The third-order valence-electron chi connectivity index (χ3n) is 9.08. The maximum Gasteiger partial charge on any atom is 0.160 e. The molecule has 1 aliphatic rings. The van der Waals surface area contributed by atoms with Gasteiger partial charge in [0.05, 0.1) is 34.1 Å². The third kappa shape index (κ3) is 4.14. The molecular formula is C42H26N4. The fraction of sp³-hybridized carbons (Fsp3) is 0.0238. The van der Waals surface area contributed by atoms with Gasteiger partial charge in [-0.05, 0) is 70.8 Å². The van der Waals surface area contributed by atoms with E-state index < -0.39 is 0 Å². The summed E-state index contributed by atoms with van der Waals surface area (Å²) < 4.78 is 2.42. The summed E-state index contributed by atoms with van der Waals surface area (Å²) >= 11 is 0. The van der Waals surface area contributed by atoms with Crippen molar-refractivity contribution in [2.24, 2.45) is 0 Å². The molecule has 0 aliphatic heterocycles. The Morgan fingerprint density at radius 3 is 2.15 bits per heavy atom. The molecule has 46 heavy (non-hydrogen) atoms. The van der Waals surface area contributed by atoms with E-state index in [4.69, 9.17) is 9.97 Å². The van der Waals surface area contributed by atoms with E-state index >= 15 is 0 Å². The Kier molecular flexibility index (Phi) is 5.91. The summed E-state index contributed by atoms with van der Waals surface area (Å²) in [4.78, 5) is 10.0. The van der Waals surface area contributed by atoms with E-state index in [1.165, 1.54) is 44.1 Å². The third-order valence-corrected chi connectivity index (χ3v) is 9.08. The van der Waals surface area contributed by atoms with Gasteiger partial charge >= 0.3 is 0 Å². The zero-order valence-electron chi connectivity index (χ0n) is 24.9. The summed E-state index contributed by atoms with van der Waals surface area (Å²) in [5, 5.41) is 12.0. The van der Waals surface area contributed by atoms with Crippen molar-refractivity contribution < 1.29 is 0 Å². The minimum Gasteiger partial charge on any atom is -0.309 e. The van der Waals surface area contributed by atoms with Gasteiger partial charge in [-0.15, -0.1) is 0 Å². The lowest BCUT2D eigenvalue weighted by atomic mass is 10.0. The van der Waals surface area contributed by atoms with E-state index in [0.29, 0.717) is 11.4 Å². The van der Waals surface area contributed by atoms with E-state index in [1.807, 2.05) is 48.5 Å². The highest BCUT2D eigenvalue weighted by Gasteiger charge is 2.24. The van der Waals surface area contributed by atoms with Gasteiger partial charge in [0, 0.05) is 39.6 Å². The largest absolute Gasteiger partial charge is 0.309 e. The Morgan fingerprint density at radius 2 is 1.30 bits per heavy atom. The van der Waals surface area contributed by atoms with E-state index in [1.54, 1.807) is 0 Å². The average Bonchev–Trinajstić information content (AvgIpc) is 3.68. The molecule has 2 aromatic heterocycles. The van der Waals surface area contributed by atoms with Crippen LogP contribution in [0.15, 0.2) is 146 Å². The second-order valence-electron chi connectivity index (χ2n) is 11.7. The van der Waals surface area contributed by atoms with Crippen LogP contribution >= 0.6 is 0 Å². The van der Waals surface area contributed by atoms with E-state index in [-0.39, 0.29) is 0 Å². The summed E-state index contributed by atoms with van der Waals surface area (Å²) in [6.45, 7) is 0. The number of fused-ring (bicyclic) bond motifs is 7. The summed E-state index contributed by atoms with van der Waals surface area (Å²) in [5.41, 5.74) is 14.0. The lowest BCUT2D eigenvalue weighted by Gasteiger charge is -2.13. The highest BCUT2D eigenvalue weighted by Crippen LogP contribution is 2.44. The Labute approximate surface area is 266 Å². The van der Waals surface area contributed by atoms with Gasteiger partial charge in [-0.1, -0.05) is 97.1 Å². The van der Waals surface area contributed by atoms with Crippen molar-refractivity contribution in [1.29, 1.82) is 5.26 Å². The monoisotopic (exact) mass is 586 g/mol. The molecule has 0 saturated carbocycles. The first-order valence-corrected chi connectivity index (χ1v) is 15.4. The van der Waals surface area contributed by atoms with Gasteiger partial charge in [0.2, 0.25) is 0 Å². The number of hydrogen-bond donors (Lipinski definition) is 0. The highest BCUT2D eigenvalue weighted by atomic mass is 15.0. The molecule has 2 heterocycles. The summed E-state index contributed by atoms with van der Waals surface area (Å²) in [6.07, 6.45) is 0.924. The maximum absolute atomic E-state index is 9.52. The number of nitrogens with zero attached hydrogens (tertiary/aromatic N) is 4. The quantitative estimate of drug-likeness (QED) is 0.206. The smallest absolute Gasteiger partial charge is 0.160 e. The second-order valence-corrected chi connectivity index (χ2v) is 11.7. The molecule has 1 aliphatic carbocycles. The number of aromatic nitrogens is 3. The van der Waals surface area contributed by atoms with Gasteiger partial charge in [0.25, 0.3) is 0 Å². The Hall–Kier alpha value is -6.31. The van der Waals surface area contributed by atoms with E-state index in [9.17, 15) is 5.26 Å². The highest BCUT2D eigenvalue weighted by molar-refractivity contribution is 6.12. The second kappa shape index (κ2) is 10.4. The summed E-state index contributed by atoms with van der Waals surface area (Å²) in [5.74, 6) is 0.642. The van der Waals surface area contributed by atoms with Crippen molar-refractivity contribution in [1.82, 2.24) is 14.5 Å². The fourth-order valence-electron chi connectivity index (χ4n) is 6.94. The normalized spacial score (nSPS) is 11.8. The number of benzene rings is 6. The van der Waals surface area contributed by atoms with Crippen LogP contribution in [0.25, 0.3) is 72.5 Å². The topological polar surface area (TPSA) is 54.5 Å². The van der Waals surface area contributed by atoms with Crippen LogP contribution in [0.3, 0.4) is 0 Å². The van der Waals surface area contributed by atoms with E-state index in [0.717, 1.165) is 40.2 Å². The molecule has 4 nitrogen and oxygen atoms in total. The zero-order valence-corrected chi connectivity index (χ0v) is 24.9. The molecule has 6 aromatic carbocycles. The van der Waals surface area contributed by atoms with Gasteiger partial charge < -0.3 is 4.57 Å². The molecule has 0 bridgehead atoms. The van der Waals surface area contributed by atoms with Crippen molar-refractivity contribution in [2.75, 3.05) is 0 Å². The molecule has 0 atom stereocenters. The van der Waals surface area contributed by atoms with Gasteiger partial charge in [-0.2, -0.15) is 5.26 Å². The van der Waals surface area contributed by atoms with Crippen LogP contribution < -0.4 is 0 Å². The van der Waals surface area contributed by atoms with Crippen LogP contribution in [-0.2, 0) is 6.42 Å². The molecule has 8 aromatic rings. The van der Waals surface area contributed by atoms with Crippen LogP contribution in [0.5, 0.6) is 0 Å². The maximum atomic E-state index is 9.52. The van der Waals surface area contributed by atoms with E-state index in [2.05, 4.69) is 108 Å². The van der Waals surface area contributed by atoms with Gasteiger partial charge in [0.1, 0.15) is 0 Å². The van der Waals surface area contributed by atoms with Crippen LogP contribution in [0.1, 0.15) is 16.7 Å². The lowest BCUT2D eigenvalue weighted by molar-refractivity contribution is 1.15. The SMILES string of the molecule is N#Cc1cccc(-c2cc(-c3ccccc3)nc(-c3ccc(-n4c5ccccc5c5ccc6c(c54)Cc4ccccc4-6)cc3)n2)c1. The number of para-hydroxylation sites is 1. The molecular weight excluding hydrogens is 560 g/mol. The number of nitriles is 1. The summed E-state index contributed by atoms with van der Waals surface area (Å²) in [6, 6.07) is 52.6. The molecule has 0 spiro atoms. The first-order chi connectivity index (χ1) is 22.7.